The van der Waals surface area contributed by atoms with Crippen molar-refractivity contribution in [3.63, 3.8) is 0 Å². The van der Waals surface area contributed by atoms with Gasteiger partial charge in [-0.2, -0.15) is 0 Å². The molecule has 0 bridgehead atoms. The van der Waals surface area contributed by atoms with Crippen molar-refractivity contribution in [2.24, 2.45) is 0 Å². The Bertz CT molecular complexity index is 640. The van der Waals surface area contributed by atoms with Gasteiger partial charge >= 0.3 is 5.97 Å². The van der Waals surface area contributed by atoms with E-state index in [0.717, 1.165) is 0 Å². The van der Waals surface area contributed by atoms with Gasteiger partial charge in [0.15, 0.2) is 0 Å². The minimum atomic E-state index is -0.862. The van der Waals surface area contributed by atoms with Crippen molar-refractivity contribution in [2.45, 2.75) is 44.1 Å². The van der Waals surface area contributed by atoms with E-state index in [1.165, 1.54) is 37.7 Å². The molecular formula is C21H30N2O4. The fourth-order valence-corrected chi connectivity index (χ4v) is 4.17. The van der Waals surface area contributed by atoms with Gasteiger partial charge in [0, 0.05) is 25.2 Å². The SMILES string of the molecule is CN(CC(=O)O)C[C@H]1CN(C(=O)c2ccc(C3CCCCC3)cc2)CCO1. The summed E-state index contributed by atoms with van der Waals surface area (Å²) in [5.41, 5.74) is 2.07. The molecule has 1 heterocycles. The third kappa shape index (κ3) is 5.53. The highest BCUT2D eigenvalue weighted by Gasteiger charge is 2.26. The summed E-state index contributed by atoms with van der Waals surface area (Å²) in [5, 5.41) is 8.87. The van der Waals surface area contributed by atoms with Crippen LogP contribution in [-0.2, 0) is 9.53 Å². The maximum Gasteiger partial charge on any atom is 0.317 e. The van der Waals surface area contributed by atoms with Crippen molar-refractivity contribution in [1.82, 2.24) is 9.80 Å². The first kappa shape index (κ1) is 19.8. The maximum absolute atomic E-state index is 12.9. The predicted molar refractivity (Wildman–Crippen MR) is 103 cm³/mol. The lowest BCUT2D eigenvalue weighted by Gasteiger charge is -2.34. The molecule has 1 saturated carbocycles. The van der Waals surface area contributed by atoms with Crippen LogP contribution in [0.25, 0.3) is 0 Å². The molecule has 148 valence electrons. The van der Waals surface area contributed by atoms with Crippen LogP contribution in [0.15, 0.2) is 24.3 Å². The fraction of sp³-hybridized carbons (Fsp3) is 0.619. The third-order valence-electron chi connectivity index (χ3n) is 5.58. The Morgan fingerprint density at radius 3 is 2.56 bits per heavy atom. The molecule has 6 heteroatoms. The van der Waals surface area contributed by atoms with Gasteiger partial charge in [0.1, 0.15) is 0 Å². The van der Waals surface area contributed by atoms with E-state index in [1.54, 1.807) is 11.9 Å². The van der Waals surface area contributed by atoms with E-state index in [2.05, 4.69) is 12.1 Å². The standard InChI is InChI=1S/C21H30N2O4/c1-22(15-20(24)25)13-19-14-23(11-12-27-19)21(26)18-9-7-17(8-10-18)16-5-3-2-4-6-16/h7-10,16,19H,2-6,11-15H2,1H3,(H,24,25)/t19-/m0/s1. The monoisotopic (exact) mass is 374 g/mol. The van der Waals surface area contributed by atoms with E-state index in [4.69, 9.17) is 9.84 Å². The number of carboxylic acids is 1. The molecule has 6 nitrogen and oxygen atoms in total. The van der Waals surface area contributed by atoms with Crippen molar-refractivity contribution in [1.29, 1.82) is 0 Å². The molecule has 1 aromatic rings. The zero-order valence-electron chi connectivity index (χ0n) is 16.1. The number of rotatable bonds is 6. The van der Waals surface area contributed by atoms with Gasteiger partial charge in [-0.3, -0.25) is 14.5 Å². The van der Waals surface area contributed by atoms with Crippen molar-refractivity contribution < 1.29 is 19.4 Å². The normalized spacial score (nSPS) is 21.4. The van der Waals surface area contributed by atoms with Gasteiger partial charge in [0.2, 0.25) is 0 Å². The maximum atomic E-state index is 12.9. The minimum absolute atomic E-state index is 0.0272. The number of hydrogen-bond donors (Lipinski definition) is 1. The van der Waals surface area contributed by atoms with Crippen molar-refractivity contribution in [3.05, 3.63) is 35.4 Å². The summed E-state index contributed by atoms with van der Waals surface area (Å²) in [6, 6.07) is 8.13. The molecular weight excluding hydrogens is 344 g/mol. The van der Waals surface area contributed by atoms with Crippen LogP contribution >= 0.6 is 0 Å². The molecule has 0 spiro atoms. The second kappa shape index (κ2) is 9.33. The first-order valence-electron chi connectivity index (χ1n) is 9.94. The van der Waals surface area contributed by atoms with Crippen LogP contribution in [0.2, 0.25) is 0 Å². The Kier molecular flexibility index (Phi) is 6.85. The van der Waals surface area contributed by atoms with E-state index in [1.807, 2.05) is 17.0 Å². The second-order valence-corrected chi connectivity index (χ2v) is 7.79. The highest BCUT2D eigenvalue weighted by atomic mass is 16.5. The molecule has 3 rings (SSSR count). The van der Waals surface area contributed by atoms with E-state index in [9.17, 15) is 9.59 Å². The van der Waals surface area contributed by atoms with E-state index in [0.29, 0.717) is 37.7 Å². The van der Waals surface area contributed by atoms with Crippen LogP contribution in [-0.4, -0.2) is 72.7 Å². The number of amides is 1. The number of carbonyl (C=O) groups is 2. The van der Waals surface area contributed by atoms with Crippen LogP contribution in [0.3, 0.4) is 0 Å². The van der Waals surface area contributed by atoms with Crippen LogP contribution in [0.4, 0.5) is 0 Å². The smallest absolute Gasteiger partial charge is 0.317 e. The number of morpholine rings is 1. The molecule has 1 atom stereocenters. The van der Waals surface area contributed by atoms with Gasteiger partial charge in [-0.25, -0.2) is 0 Å². The van der Waals surface area contributed by atoms with Crippen molar-refractivity contribution in [2.75, 3.05) is 39.8 Å². The van der Waals surface area contributed by atoms with Crippen molar-refractivity contribution >= 4 is 11.9 Å². The van der Waals surface area contributed by atoms with Crippen LogP contribution in [0.1, 0.15) is 53.9 Å². The molecule has 1 aliphatic carbocycles. The van der Waals surface area contributed by atoms with Crippen LogP contribution in [0.5, 0.6) is 0 Å². The highest BCUT2D eigenvalue weighted by molar-refractivity contribution is 5.94. The molecule has 1 amide bonds. The Morgan fingerprint density at radius 2 is 1.89 bits per heavy atom. The number of carbonyl (C=O) groups excluding carboxylic acids is 1. The average Bonchev–Trinajstić information content (AvgIpc) is 2.68. The first-order valence-corrected chi connectivity index (χ1v) is 9.94. The van der Waals surface area contributed by atoms with E-state index >= 15 is 0 Å². The van der Waals surface area contributed by atoms with Gasteiger partial charge in [-0.05, 0) is 43.5 Å². The van der Waals surface area contributed by atoms with E-state index < -0.39 is 5.97 Å². The van der Waals surface area contributed by atoms with Gasteiger partial charge in [0.25, 0.3) is 5.91 Å². The van der Waals surface area contributed by atoms with E-state index in [-0.39, 0.29) is 18.6 Å². The number of aliphatic carboxylic acids is 1. The summed E-state index contributed by atoms with van der Waals surface area (Å²) in [6.07, 6.45) is 6.29. The zero-order chi connectivity index (χ0) is 19.2. The number of nitrogens with zero attached hydrogens (tertiary/aromatic N) is 2. The largest absolute Gasteiger partial charge is 0.480 e. The summed E-state index contributed by atoms with van der Waals surface area (Å²) in [5.74, 6) is -0.195. The zero-order valence-corrected chi connectivity index (χ0v) is 16.1. The molecule has 1 aliphatic heterocycles. The number of benzene rings is 1. The van der Waals surface area contributed by atoms with Crippen LogP contribution in [0, 0.1) is 0 Å². The summed E-state index contributed by atoms with van der Waals surface area (Å²) in [6.45, 7) is 2.01. The number of ether oxygens (including phenoxy) is 1. The lowest BCUT2D eigenvalue weighted by molar-refractivity contribution is -0.138. The third-order valence-corrected chi connectivity index (χ3v) is 5.58. The Balaban J connectivity index is 1.57. The summed E-state index contributed by atoms with van der Waals surface area (Å²) in [4.78, 5) is 27.2. The van der Waals surface area contributed by atoms with Gasteiger partial charge in [-0.1, -0.05) is 31.4 Å². The summed E-state index contributed by atoms with van der Waals surface area (Å²) in [7, 11) is 1.75. The molecule has 0 aromatic heterocycles. The quantitative estimate of drug-likeness (QED) is 0.829. The minimum Gasteiger partial charge on any atom is -0.480 e. The molecule has 1 N–H and O–H groups in total. The molecule has 1 saturated heterocycles. The molecule has 2 aliphatic rings. The predicted octanol–water partition coefficient (Wildman–Crippen LogP) is 2.59. The lowest BCUT2D eigenvalue weighted by Crippen LogP contribution is -2.49. The number of hydrogen-bond acceptors (Lipinski definition) is 4. The van der Waals surface area contributed by atoms with Gasteiger partial charge in [0.05, 0.1) is 19.3 Å². The van der Waals surface area contributed by atoms with Crippen molar-refractivity contribution in [3.8, 4) is 0 Å². The number of carboxylic acid groups (broad SMARTS) is 1. The Hall–Kier alpha value is -1.92. The first-order chi connectivity index (χ1) is 13.0. The number of likely N-dealkylation sites (N-methyl/N-ethyl adjacent to an activating group) is 1. The molecule has 1 aromatic carbocycles. The molecule has 0 unspecified atom stereocenters. The topological polar surface area (TPSA) is 70.1 Å². The highest BCUT2D eigenvalue weighted by Crippen LogP contribution is 2.32. The fourth-order valence-electron chi connectivity index (χ4n) is 4.17. The van der Waals surface area contributed by atoms with Gasteiger partial charge < -0.3 is 14.7 Å². The average molecular weight is 374 g/mol. The summed E-state index contributed by atoms with van der Waals surface area (Å²) >= 11 is 0. The second-order valence-electron chi connectivity index (χ2n) is 7.79. The van der Waals surface area contributed by atoms with Gasteiger partial charge in [-0.15, -0.1) is 0 Å². The van der Waals surface area contributed by atoms with Crippen LogP contribution < -0.4 is 0 Å². The summed E-state index contributed by atoms with van der Waals surface area (Å²) < 4.78 is 5.72. The molecule has 2 fully saturated rings. The lowest BCUT2D eigenvalue weighted by atomic mass is 9.84. The molecule has 27 heavy (non-hydrogen) atoms. The molecule has 0 radical (unpaired) electrons. The Labute approximate surface area is 161 Å². The Morgan fingerprint density at radius 1 is 1.19 bits per heavy atom.